The fraction of sp³-hybridized carbons (Fsp3) is 0.417. The number of benzene rings is 1. The number of amides is 1. The number of nitrogens with one attached hydrogen (secondary N) is 1. The van der Waals surface area contributed by atoms with Crippen molar-refractivity contribution < 1.29 is 13.6 Å². The van der Waals surface area contributed by atoms with E-state index in [2.05, 4.69) is 5.32 Å². The Hall–Kier alpha value is -1.65. The van der Waals surface area contributed by atoms with E-state index in [0.717, 1.165) is 6.07 Å². The zero-order valence-corrected chi connectivity index (χ0v) is 9.89. The SMILES string of the molecule is CCC(CC)C(=O)Nc1cc(N)c(F)cc1F. The van der Waals surface area contributed by atoms with Gasteiger partial charge in [-0.2, -0.15) is 0 Å². The molecule has 94 valence electrons. The molecule has 0 fully saturated rings. The van der Waals surface area contributed by atoms with Crippen molar-refractivity contribution in [2.24, 2.45) is 5.92 Å². The zero-order valence-electron chi connectivity index (χ0n) is 9.89. The summed E-state index contributed by atoms with van der Waals surface area (Å²) in [4.78, 5) is 11.7. The predicted octanol–water partition coefficient (Wildman–Crippen LogP) is 2.92. The molecule has 1 amide bonds. The molecule has 0 aliphatic carbocycles. The van der Waals surface area contributed by atoms with Gasteiger partial charge in [0.05, 0.1) is 11.4 Å². The minimum atomic E-state index is -0.831. The average Bonchev–Trinajstić information content (AvgIpc) is 2.27. The fourth-order valence-corrected chi connectivity index (χ4v) is 1.56. The summed E-state index contributed by atoms with van der Waals surface area (Å²) in [7, 11) is 0. The second-order valence-corrected chi connectivity index (χ2v) is 3.86. The van der Waals surface area contributed by atoms with Crippen LogP contribution in [0.15, 0.2) is 12.1 Å². The molecule has 0 bridgehead atoms. The molecule has 0 aliphatic rings. The molecule has 0 spiro atoms. The molecule has 0 saturated heterocycles. The first-order valence-electron chi connectivity index (χ1n) is 5.54. The molecule has 0 unspecified atom stereocenters. The number of carbonyl (C=O) groups excluding carboxylic acids is 1. The number of nitrogens with two attached hydrogens (primary N) is 1. The van der Waals surface area contributed by atoms with Gasteiger partial charge in [-0.25, -0.2) is 8.78 Å². The Morgan fingerprint density at radius 3 is 2.41 bits per heavy atom. The Bertz CT molecular complexity index is 417. The standard InChI is InChI=1S/C12H16F2N2O/c1-3-7(4-2)12(17)16-11-6-10(15)8(13)5-9(11)14/h5-7H,3-4,15H2,1-2H3,(H,16,17). The molecular weight excluding hydrogens is 226 g/mol. The highest BCUT2D eigenvalue weighted by Crippen LogP contribution is 2.22. The lowest BCUT2D eigenvalue weighted by atomic mass is 10.0. The summed E-state index contributed by atoms with van der Waals surface area (Å²) < 4.78 is 26.3. The molecule has 17 heavy (non-hydrogen) atoms. The summed E-state index contributed by atoms with van der Waals surface area (Å²) in [6.07, 6.45) is 1.33. The van der Waals surface area contributed by atoms with Crippen molar-refractivity contribution >= 4 is 17.3 Å². The van der Waals surface area contributed by atoms with Gasteiger partial charge in [0.15, 0.2) is 0 Å². The van der Waals surface area contributed by atoms with Crippen molar-refractivity contribution in [1.29, 1.82) is 0 Å². The monoisotopic (exact) mass is 242 g/mol. The third kappa shape index (κ3) is 3.15. The van der Waals surface area contributed by atoms with Gasteiger partial charge in [0, 0.05) is 12.0 Å². The Morgan fingerprint density at radius 2 is 1.88 bits per heavy atom. The van der Waals surface area contributed by atoms with Crippen LogP contribution in [0.25, 0.3) is 0 Å². The van der Waals surface area contributed by atoms with Crippen LogP contribution in [0.1, 0.15) is 26.7 Å². The van der Waals surface area contributed by atoms with Crippen LogP contribution in [0.5, 0.6) is 0 Å². The van der Waals surface area contributed by atoms with Gasteiger partial charge in [0.1, 0.15) is 11.6 Å². The summed E-state index contributed by atoms with van der Waals surface area (Å²) in [6, 6.07) is 1.75. The van der Waals surface area contributed by atoms with Crippen LogP contribution < -0.4 is 11.1 Å². The highest BCUT2D eigenvalue weighted by atomic mass is 19.1. The van der Waals surface area contributed by atoms with Crippen LogP contribution in [0.3, 0.4) is 0 Å². The van der Waals surface area contributed by atoms with Crippen molar-refractivity contribution in [3.8, 4) is 0 Å². The Morgan fingerprint density at radius 1 is 1.29 bits per heavy atom. The van der Waals surface area contributed by atoms with Crippen LogP contribution in [-0.4, -0.2) is 5.91 Å². The highest BCUT2D eigenvalue weighted by Gasteiger charge is 2.16. The summed E-state index contributed by atoms with van der Waals surface area (Å²) in [5.41, 5.74) is 5.04. The fourth-order valence-electron chi connectivity index (χ4n) is 1.56. The van der Waals surface area contributed by atoms with Gasteiger partial charge in [-0.15, -0.1) is 0 Å². The number of hydrogen-bond donors (Lipinski definition) is 2. The van der Waals surface area contributed by atoms with Gasteiger partial charge in [-0.3, -0.25) is 4.79 Å². The summed E-state index contributed by atoms with van der Waals surface area (Å²) in [6.45, 7) is 3.76. The lowest BCUT2D eigenvalue weighted by Crippen LogP contribution is -2.22. The first-order valence-corrected chi connectivity index (χ1v) is 5.54. The van der Waals surface area contributed by atoms with Crippen molar-refractivity contribution in [3.63, 3.8) is 0 Å². The minimum Gasteiger partial charge on any atom is -0.396 e. The van der Waals surface area contributed by atoms with E-state index in [1.807, 2.05) is 13.8 Å². The molecule has 0 aliphatic heterocycles. The zero-order chi connectivity index (χ0) is 13.0. The summed E-state index contributed by atoms with van der Waals surface area (Å²) in [5.74, 6) is -2.11. The molecule has 1 aromatic rings. The van der Waals surface area contributed by atoms with Gasteiger partial charge >= 0.3 is 0 Å². The lowest BCUT2D eigenvalue weighted by Gasteiger charge is -2.13. The minimum absolute atomic E-state index is 0.0826. The molecule has 0 atom stereocenters. The Labute approximate surface area is 99.0 Å². The van der Waals surface area contributed by atoms with Gasteiger partial charge in [-0.1, -0.05) is 13.8 Å². The molecule has 3 nitrogen and oxygen atoms in total. The van der Waals surface area contributed by atoms with E-state index in [-0.39, 0.29) is 23.2 Å². The molecule has 0 heterocycles. The molecule has 3 N–H and O–H groups in total. The summed E-state index contributed by atoms with van der Waals surface area (Å²) in [5, 5.41) is 2.42. The number of anilines is 2. The maximum Gasteiger partial charge on any atom is 0.227 e. The van der Waals surface area contributed by atoms with Gasteiger partial charge in [0.2, 0.25) is 5.91 Å². The number of hydrogen-bond acceptors (Lipinski definition) is 2. The van der Waals surface area contributed by atoms with Gasteiger partial charge in [-0.05, 0) is 18.9 Å². The maximum atomic E-state index is 13.4. The molecule has 1 rings (SSSR count). The normalized spacial score (nSPS) is 10.6. The second kappa shape index (κ2) is 5.61. The van der Waals surface area contributed by atoms with Gasteiger partial charge in [0.25, 0.3) is 0 Å². The highest BCUT2D eigenvalue weighted by molar-refractivity contribution is 5.93. The smallest absolute Gasteiger partial charge is 0.227 e. The molecular formula is C12H16F2N2O. The number of nitrogen functional groups attached to an aromatic ring is 1. The van der Waals surface area contributed by atoms with E-state index in [4.69, 9.17) is 5.73 Å². The van der Waals surface area contributed by atoms with E-state index >= 15 is 0 Å². The Balaban J connectivity index is 2.88. The maximum absolute atomic E-state index is 13.4. The van der Waals surface area contributed by atoms with Crippen LogP contribution in [0.2, 0.25) is 0 Å². The van der Waals surface area contributed by atoms with E-state index in [9.17, 15) is 13.6 Å². The van der Waals surface area contributed by atoms with E-state index in [1.165, 1.54) is 0 Å². The number of carbonyl (C=O) groups is 1. The number of halogens is 2. The number of rotatable bonds is 4. The first-order chi connectivity index (χ1) is 7.99. The van der Waals surface area contributed by atoms with Crippen molar-refractivity contribution in [2.45, 2.75) is 26.7 Å². The predicted molar refractivity (Wildman–Crippen MR) is 63.5 cm³/mol. The molecule has 1 aromatic carbocycles. The average molecular weight is 242 g/mol. The Kier molecular flexibility index (Phi) is 4.43. The van der Waals surface area contributed by atoms with Crippen LogP contribution in [0.4, 0.5) is 20.2 Å². The van der Waals surface area contributed by atoms with Gasteiger partial charge < -0.3 is 11.1 Å². The van der Waals surface area contributed by atoms with Crippen molar-refractivity contribution in [1.82, 2.24) is 0 Å². The third-order valence-corrected chi connectivity index (χ3v) is 2.70. The van der Waals surface area contributed by atoms with E-state index < -0.39 is 11.6 Å². The first kappa shape index (κ1) is 13.4. The molecule has 0 saturated carbocycles. The van der Waals surface area contributed by atoms with Crippen molar-refractivity contribution in [2.75, 3.05) is 11.1 Å². The van der Waals surface area contributed by atoms with E-state index in [1.54, 1.807) is 0 Å². The topological polar surface area (TPSA) is 55.1 Å². The molecule has 0 aromatic heterocycles. The lowest BCUT2D eigenvalue weighted by molar-refractivity contribution is -0.120. The van der Waals surface area contributed by atoms with Crippen LogP contribution >= 0.6 is 0 Å². The summed E-state index contributed by atoms with van der Waals surface area (Å²) >= 11 is 0. The largest absolute Gasteiger partial charge is 0.396 e. The third-order valence-electron chi connectivity index (χ3n) is 2.70. The van der Waals surface area contributed by atoms with Crippen LogP contribution in [0, 0.1) is 17.6 Å². The molecule has 5 heteroatoms. The van der Waals surface area contributed by atoms with Crippen LogP contribution in [-0.2, 0) is 4.79 Å². The van der Waals surface area contributed by atoms with Crippen molar-refractivity contribution in [3.05, 3.63) is 23.8 Å². The molecule has 0 radical (unpaired) electrons. The van der Waals surface area contributed by atoms with E-state index in [0.29, 0.717) is 18.9 Å². The second-order valence-electron chi connectivity index (χ2n) is 3.86. The quantitative estimate of drug-likeness (QED) is 0.797.